The van der Waals surface area contributed by atoms with E-state index in [9.17, 15) is 13.2 Å². The number of carbonyl (C=O) groups is 1. The summed E-state index contributed by atoms with van der Waals surface area (Å²) in [6.07, 6.45) is 3.07. The summed E-state index contributed by atoms with van der Waals surface area (Å²) < 4.78 is 25.5. The quantitative estimate of drug-likeness (QED) is 0.812. The first kappa shape index (κ1) is 15.8. The summed E-state index contributed by atoms with van der Waals surface area (Å²) in [5, 5.41) is 4.56. The van der Waals surface area contributed by atoms with Crippen LogP contribution in [0.15, 0.2) is 0 Å². The SMILES string of the molecule is Cc1c(Cl)c(C(=O)N2CCS(=O)(=O)CC2C2CCC2)nn1C. The summed E-state index contributed by atoms with van der Waals surface area (Å²) in [5.41, 5.74) is 0.958. The van der Waals surface area contributed by atoms with Crippen LogP contribution in [-0.4, -0.2) is 53.1 Å². The molecule has 122 valence electrons. The van der Waals surface area contributed by atoms with E-state index < -0.39 is 9.84 Å². The molecule has 1 aromatic rings. The van der Waals surface area contributed by atoms with Crippen LogP contribution >= 0.6 is 11.6 Å². The number of carbonyl (C=O) groups excluding carboxylic acids is 1. The van der Waals surface area contributed by atoms with Crippen molar-refractivity contribution in [3.05, 3.63) is 16.4 Å². The third-order valence-corrected chi connectivity index (χ3v) is 6.99. The molecule has 6 nitrogen and oxygen atoms in total. The minimum atomic E-state index is -3.07. The van der Waals surface area contributed by atoms with Crippen LogP contribution in [0.3, 0.4) is 0 Å². The predicted octanol–water partition coefficient (Wildman–Crippen LogP) is 1.42. The highest BCUT2D eigenvalue weighted by molar-refractivity contribution is 7.91. The molecule has 1 aliphatic heterocycles. The molecule has 22 heavy (non-hydrogen) atoms. The number of hydrogen-bond donors (Lipinski definition) is 0. The van der Waals surface area contributed by atoms with Gasteiger partial charge in [-0.05, 0) is 25.7 Å². The van der Waals surface area contributed by atoms with Crippen molar-refractivity contribution in [3.63, 3.8) is 0 Å². The molecule has 2 heterocycles. The van der Waals surface area contributed by atoms with Crippen molar-refractivity contribution in [3.8, 4) is 0 Å². The van der Waals surface area contributed by atoms with E-state index in [4.69, 9.17) is 11.6 Å². The van der Waals surface area contributed by atoms with Gasteiger partial charge >= 0.3 is 0 Å². The lowest BCUT2D eigenvalue weighted by Crippen LogP contribution is -2.55. The first-order chi connectivity index (χ1) is 10.3. The van der Waals surface area contributed by atoms with Crippen LogP contribution in [0.25, 0.3) is 0 Å². The van der Waals surface area contributed by atoms with Crippen molar-refractivity contribution in [2.45, 2.75) is 32.2 Å². The van der Waals surface area contributed by atoms with Gasteiger partial charge < -0.3 is 4.90 Å². The van der Waals surface area contributed by atoms with Crippen molar-refractivity contribution in [2.75, 3.05) is 18.1 Å². The molecule has 0 N–H and O–H groups in total. The van der Waals surface area contributed by atoms with Crippen LogP contribution in [0.1, 0.15) is 35.4 Å². The molecule has 8 heteroatoms. The lowest BCUT2D eigenvalue weighted by Gasteiger charge is -2.43. The van der Waals surface area contributed by atoms with Crippen LogP contribution in [0.2, 0.25) is 5.02 Å². The van der Waals surface area contributed by atoms with Crippen molar-refractivity contribution in [1.29, 1.82) is 0 Å². The number of amides is 1. The Morgan fingerprint density at radius 1 is 1.36 bits per heavy atom. The zero-order valence-electron chi connectivity index (χ0n) is 12.7. The van der Waals surface area contributed by atoms with E-state index >= 15 is 0 Å². The molecule has 2 aliphatic rings. The van der Waals surface area contributed by atoms with E-state index in [-0.39, 0.29) is 41.6 Å². The third-order valence-electron chi connectivity index (χ3n) is 4.89. The predicted molar refractivity (Wildman–Crippen MR) is 83.8 cm³/mol. The highest BCUT2D eigenvalue weighted by Gasteiger charge is 2.42. The number of nitrogens with zero attached hydrogens (tertiary/aromatic N) is 3. The lowest BCUT2D eigenvalue weighted by molar-refractivity contribution is 0.0557. The van der Waals surface area contributed by atoms with Gasteiger partial charge in [0.1, 0.15) is 0 Å². The molecule has 1 saturated heterocycles. The van der Waals surface area contributed by atoms with Gasteiger partial charge in [-0.1, -0.05) is 18.0 Å². The molecular weight excluding hydrogens is 326 g/mol. The van der Waals surface area contributed by atoms with Crippen LogP contribution in [-0.2, 0) is 16.9 Å². The van der Waals surface area contributed by atoms with E-state index in [1.54, 1.807) is 23.6 Å². The maximum Gasteiger partial charge on any atom is 0.276 e. The van der Waals surface area contributed by atoms with Crippen molar-refractivity contribution in [2.24, 2.45) is 13.0 Å². The second-order valence-electron chi connectivity index (χ2n) is 6.24. The van der Waals surface area contributed by atoms with Gasteiger partial charge in [-0.25, -0.2) is 8.42 Å². The Kier molecular flexibility index (Phi) is 3.97. The van der Waals surface area contributed by atoms with Gasteiger partial charge in [-0.3, -0.25) is 9.48 Å². The molecule has 1 amide bonds. The van der Waals surface area contributed by atoms with E-state index in [1.807, 2.05) is 0 Å². The first-order valence-electron chi connectivity index (χ1n) is 7.50. The molecule has 1 unspecified atom stereocenters. The minimum absolute atomic E-state index is 0.0192. The smallest absolute Gasteiger partial charge is 0.276 e. The second kappa shape index (κ2) is 5.53. The Balaban J connectivity index is 1.90. The maximum atomic E-state index is 12.8. The van der Waals surface area contributed by atoms with Gasteiger partial charge in [0.2, 0.25) is 0 Å². The highest BCUT2D eigenvalue weighted by atomic mass is 35.5. The van der Waals surface area contributed by atoms with E-state index in [0.29, 0.717) is 5.02 Å². The number of aryl methyl sites for hydroxylation is 1. The van der Waals surface area contributed by atoms with Crippen molar-refractivity contribution >= 4 is 27.3 Å². The van der Waals surface area contributed by atoms with Gasteiger partial charge in [-0.2, -0.15) is 5.10 Å². The van der Waals surface area contributed by atoms with Crippen LogP contribution in [0, 0.1) is 12.8 Å². The number of sulfone groups is 1. The zero-order valence-corrected chi connectivity index (χ0v) is 14.3. The molecule has 0 spiro atoms. The van der Waals surface area contributed by atoms with Gasteiger partial charge in [0.25, 0.3) is 5.91 Å². The molecule has 1 saturated carbocycles. The van der Waals surface area contributed by atoms with Gasteiger partial charge in [0.05, 0.1) is 22.2 Å². The fourth-order valence-corrected chi connectivity index (χ4v) is 5.01. The fraction of sp³-hybridized carbons (Fsp3) is 0.714. The first-order valence-corrected chi connectivity index (χ1v) is 9.70. The Morgan fingerprint density at radius 2 is 2.05 bits per heavy atom. The molecule has 1 aromatic heterocycles. The van der Waals surface area contributed by atoms with Crippen LogP contribution in [0.4, 0.5) is 0 Å². The Morgan fingerprint density at radius 3 is 2.55 bits per heavy atom. The number of aromatic nitrogens is 2. The summed E-state index contributed by atoms with van der Waals surface area (Å²) in [5.74, 6) is 0.112. The average Bonchev–Trinajstić information content (AvgIpc) is 2.63. The number of hydrogen-bond acceptors (Lipinski definition) is 4. The summed E-state index contributed by atoms with van der Waals surface area (Å²) in [7, 11) is -1.33. The molecule has 2 fully saturated rings. The Hall–Kier alpha value is -1.08. The van der Waals surface area contributed by atoms with Gasteiger partial charge in [0.15, 0.2) is 15.5 Å². The van der Waals surface area contributed by atoms with Crippen molar-refractivity contribution in [1.82, 2.24) is 14.7 Å². The van der Waals surface area contributed by atoms with Gasteiger partial charge in [0, 0.05) is 19.6 Å². The summed E-state index contributed by atoms with van der Waals surface area (Å²) >= 11 is 6.21. The normalized spacial score (nSPS) is 25.0. The monoisotopic (exact) mass is 345 g/mol. The minimum Gasteiger partial charge on any atom is -0.332 e. The van der Waals surface area contributed by atoms with E-state index in [1.165, 1.54) is 0 Å². The molecule has 3 rings (SSSR count). The molecule has 1 atom stereocenters. The standard InChI is InChI=1S/C14H20ClN3O3S/c1-9-12(15)13(16-17(9)2)14(19)18-6-7-22(20,21)8-11(18)10-4-3-5-10/h10-11H,3-8H2,1-2H3. The summed E-state index contributed by atoms with van der Waals surface area (Å²) in [6.45, 7) is 2.03. The number of rotatable bonds is 2. The van der Waals surface area contributed by atoms with E-state index in [0.717, 1.165) is 25.0 Å². The van der Waals surface area contributed by atoms with Crippen LogP contribution in [0.5, 0.6) is 0 Å². The Labute approximate surface area is 135 Å². The second-order valence-corrected chi connectivity index (χ2v) is 8.85. The molecule has 1 aliphatic carbocycles. The third kappa shape index (κ3) is 2.65. The molecule has 0 aromatic carbocycles. The Bertz CT molecular complexity index is 709. The molecule has 0 bridgehead atoms. The zero-order chi connectivity index (χ0) is 16.1. The van der Waals surface area contributed by atoms with Crippen LogP contribution < -0.4 is 0 Å². The maximum absolute atomic E-state index is 12.8. The number of halogens is 1. The fourth-order valence-electron chi connectivity index (χ4n) is 3.16. The topological polar surface area (TPSA) is 72.3 Å². The average molecular weight is 346 g/mol. The van der Waals surface area contributed by atoms with Crippen molar-refractivity contribution < 1.29 is 13.2 Å². The largest absolute Gasteiger partial charge is 0.332 e. The van der Waals surface area contributed by atoms with Gasteiger partial charge in [-0.15, -0.1) is 0 Å². The summed E-state index contributed by atoms with van der Waals surface area (Å²) in [6, 6.07) is -0.238. The molecule has 0 radical (unpaired) electrons. The highest BCUT2D eigenvalue weighted by Crippen LogP contribution is 2.35. The lowest BCUT2D eigenvalue weighted by atomic mass is 9.79. The summed E-state index contributed by atoms with van der Waals surface area (Å²) in [4.78, 5) is 14.5. The van der Waals surface area contributed by atoms with E-state index in [2.05, 4.69) is 5.10 Å². The molecular formula is C14H20ClN3O3S.